The Morgan fingerprint density at radius 1 is 1.45 bits per heavy atom. The number of nitrogens with one attached hydrogen (secondary N) is 1. The molecule has 7 heteroatoms. The van der Waals surface area contributed by atoms with Crippen molar-refractivity contribution in [1.29, 1.82) is 0 Å². The zero-order chi connectivity index (χ0) is 18.9. The third kappa shape index (κ3) is 4.62. The molecule has 1 rings (SSSR count). The SMILES string of the molecule is [2H]C([2H])(O)C(F)(F)c1cccc([C@@H](C)NC(=O)OC(C)(C)C)c1F. The maximum Gasteiger partial charge on any atom is 0.408 e. The first-order valence-corrected chi connectivity index (χ1v) is 6.55. The number of alkyl carbamates (subject to hydrolysis) is 1. The van der Waals surface area contributed by atoms with Crippen molar-refractivity contribution in [2.75, 3.05) is 6.56 Å². The number of rotatable bonds is 4. The molecule has 124 valence electrons. The lowest BCUT2D eigenvalue weighted by molar-refractivity contribution is -0.0584. The lowest BCUT2D eigenvalue weighted by atomic mass is 10.0. The van der Waals surface area contributed by atoms with Crippen LogP contribution in [0.1, 0.15) is 47.6 Å². The zero-order valence-corrected chi connectivity index (χ0v) is 12.7. The van der Waals surface area contributed by atoms with Crippen LogP contribution in [0.2, 0.25) is 0 Å². The quantitative estimate of drug-likeness (QED) is 0.892. The largest absolute Gasteiger partial charge is 0.444 e. The molecule has 0 aromatic heterocycles. The van der Waals surface area contributed by atoms with Gasteiger partial charge >= 0.3 is 6.09 Å². The number of carbonyl (C=O) groups is 1. The second-order valence-electron chi connectivity index (χ2n) is 5.76. The topological polar surface area (TPSA) is 58.6 Å². The summed E-state index contributed by atoms with van der Waals surface area (Å²) in [4.78, 5) is 11.7. The molecular weight excluding hydrogens is 299 g/mol. The average molecular weight is 321 g/mol. The lowest BCUT2D eigenvalue weighted by Gasteiger charge is -2.23. The van der Waals surface area contributed by atoms with Crippen LogP contribution in [0.4, 0.5) is 18.0 Å². The summed E-state index contributed by atoms with van der Waals surface area (Å²) >= 11 is 0. The number of aliphatic hydroxyl groups is 1. The Morgan fingerprint density at radius 3 is 2.55 bits per heavy atom. The van der Waals surface area contributed by atoms with Crippen LogP contribution in [0.3, 0.4) is 0 Å². The van der Waals surface area contributed by atoms with Crippen LogP contribution in [0.15, 0.2) is 18.2 Å². The van der Waals surface area contributed by atoms with Crippen LogP contribution in [-0.2, 0) is 10.7 Å². The molecule has 0 aliphatic heterocycles. The van der Waals surface area contributed by atoms with Crippen LogP contribution < -0.4 is 5.32 Å². The monoisotopic (exact) mass is 321 g/mol. The Hall–Kier alpha value is -1.76. The number of amides is 1. The summed E-state index contributed by atoms with van der Waals surface area (Å²) in [7, 11) is 0. The first-order valence-electron chi connectivity index (χ1n) is 7.55. The van der Waals surface area contributed by atoms with Gasteiger partial charge in [0.25, 0.3) is 5.92 Å². The molecular formula is C15H20F3NO3. The molecule has 0 bridgehead atoms. The minimum absolute atomic E-state index is 0.290. The zero-order valence-electron chi connectivity index (χ0n) is 14.7. The summed E-state index contributed by atoms with van der Waals surface area (Å²) < 4.78 is 60.7. The van der Waals surface area contributed by atoms with E-state index in [0.717, 1.165) is 6.07 Å². The molecule has 0 heterocycles. The van der Waals surface area contributed by atoms with E-state index < -0.39 is 41.6 Å². The normalized spacial score (nSPS) is 15.6. The van der Waals surface area contributed by atoms with Gasteiger partial charge in [-0.15, -0.1) is 0 Å². The van der Waals surface area contributed by atoms with E-state index in [1.54, 1.807) is 20.8 Å². The number of hydrogen-bond donors (Lipinski definition) is 2. The van der Waals surface area contributed by atoms with E-state index in [1.807, 2.05) is 0 Å². The highest BCUT2D eigenvalue weighted by Gasteiger charge is 2.35. The van der Waals surface area contributed by atoms with Crippen LogP contribution in [-0.4, -0.2) is 23.4 Å². The molecule has 1 aromatic rings. The van der Waals surface area contributed by atoms with Gasteiger partial charge < -0.3 is 15.2 Å². The number of hydrogen-bond acceptors (Lipinski definition) is 3. The summed E-state index contributed by atoms with van der Waals surface area (Å²) in [5.74, 6) is -5.87. The second kappa shape index (κ2) is 6.56. The average Bonchev–Trinajstić information content (AvgIpc) is 2.34. The standard InChI is InChI=1S/C15H20F3NO3/c1-9(19-13(21)22-14(2,3)4)10-6-5-7-11(12(10)16)15(17,18)8-20/h5-7,9,20H,8H2,1-4H3,(H,19,21)/t9-/m1/s1/i8D2. The smallest absolute Gasteiger partial charge is 0.408 e. The van der Waals surface area contributed by atoms with Crippen molar-refractivity contribution in [3.8, 4) is 0 Å². The Bertz CT molecular complexity index is 613. The van der Waals surface area contributed by atoms with Crippen LogP contribution in [0.5, 0.6) is 0 Å². The molecule has 0 radical (unpaired) electrons. The van der Waals surface area contributed by atoms with Gasteiger partial charge in [-0.25, -0.2) is 9.18 Å². The first-order chi connectivity index (χ1) is 10.7. The molecule has 0 fully saturated rings. The first kappa shape index (κ1) is 15.1. The third-order valence-electron chi connectivity index (χ3n) is 2.71. The fourth-order valence-corrected chi connectivity index (χ4v) is 1.75. The molecule has 1 amide bonds. The third-order valence-corrected chi connectivity index (χ3v) is 2.71. The predicted octanol–water partition coefficient (Wildman–Crippen LogP) is 3.50. The Kier molecular flexibility index (Phi) is 4.52. The van der Waals surface area contributed by atoms with Gasteiger partial charge in [-0.2, -0.15) is 8.78 Å². The van der Waals surface area contributed by atoms with Gasteiger partial charge in [0.2, 0.25) is 0 Å². The van der Waals surface area contributed by atoms with Crippen molar-refractivity contribution in [3.63, 3.8) is 0 Å². The molecule has 0 saturated carbocycles. The Labute approximate surface area is 130 Å². The molecule has 0 aliphatic carbocycles. The number of alkyl halides is 2. The Balaban J connectivity index is 3.11. The van der Waals surface area contributed by atoms with Crippen LogP contribution in [0, 0.1) is 5.82 Å². The van der Waals surface area contributed by atoms with E-state index in [0.29, 0.717) is 6.07 Å². The molecule has 1 aromatic carbocycles. The van der Waals surface area contributed by atoms with E-state index in [2.05, 4.69) is 5.32 Å². The van der Waals surface area contributed by atoms with E-state index in [1.165, 1.54) is 13.0 Å². The molecule has 0 unspecified atom stereocenters. The summed E-state index contributed by atoms with van der Waals surface area (Å²) in [5.41, 5.74) is -2.38. The molecule has 1 atom stereocenters. The van der Waals surface area contributed by atoms with E-state index in [-0.39, 0.29) is 5.56 Å². The number of halogens is 3. The van der Waals surface area contributed by atoms with Gasteiger partial charge in [0.05, 0.1) is 14.3 Å². The molecule has 0 aliphatic rings. The highest BCUT2D eigenvalue weighted by atomic mass is 19.3. The second-order valence-corrected chi connectivity index (χ2v) is 5.76. The van der Waals surface area contributed by atoms with Crippen LogP contribution >= 0.6 is 0 Å². The Morgan fingerprint density at radius 2 is 2.05 bits per heavy atom. The van der Waals surface area contributed by atoms with Crippen molar-refractivity contribution in [2.24, 2.45) is 0 Å². The highest BCUT2D eigenvalue weighted by Crippen LogP contribution is 2.32. The highest BCUT2D eigenvalue weighted by molar-refractivity contribution is 5.68. The maximum absolute atomic E-state index is 14.4. The van der Waals surface area contributed by atoms with Gasteiger partial charge in [0.15, 0.2) is 0 Å². The molecule has 0 spiro atoms. The maximum atomic E-state index is 14.4. The minimum Gasteiger partial charge on any atom is -0.444 e. The van der Waals surface area contributed by atoms with Crippen molar-refractivity contribution in [2.45, 2.75) is 45.3 Å². The number of benzene rings is 1. The van der Waals surface area contributed by atoms with Gasteiger partial charge in [-0.3, -0.25) is 0 Å². The van der Waals surface area contributed by atoms with Crippen molar-refractivity contribution >= 4 is 6.09 Å². The molecule has 0 saturated heterocycles. The van der Waals surface area contributed by atoms with E-state index in [4.69, 9.17) is 12.6 Å². The minimum atomic E-state index is -4.46. The predicted molar refractivity (Wildman–Crippen MR) is 75.2 cm³/mol. The molecule has 2 N–H and O–H groups in total. The fraction of sp³-hybridized carbons (Fsp3) is 0.533. The summed E-state index contributed by atoms with van der Waals surface area (Å²) in [6.07, 6.45) is -0.857. The number of carbonyl (C=O) groups excluding carboxylic acids is 1. The molecule has 22 heavy (non-hydrogen) atoms. The summed E-state index contributed by atoms with van der Waals surface area (Å²) in [6.45, 7) is 2.30. The van der Waals surface area contributed by atoms with Gasteiger partial charge in [0, 0.05) is 5.56 Å². The van der Waals surface area contributed by atoms with Gasteiger partial charge in [0.1, 0.15) is 18.0 Å². The number of ether oxygens (including phenoxy) is 1. The summed E-state index contributed by atoms with van der Waals surface area (Å²) in [5, 5.41) is 11.3. The van der Waals surface area contributed by atoms with Crippen molar-refractivity contribution < 1.29 is 30.6 Å². The summed E-state index contributed by atoms with van der Waals surface area (Å²) in [6, 6.07) is 1.91. The van der Waals surface area contributed by atoms with Crippen molar-refractivity contribution in [1.82, 2.24) is 5.32 Å². The fourth-order valence-electron chi connectivity index (χ4n) is 1.75. The van der Waals surface area contributed by atoms with Crippen LogP contribution in [0.25, 0.3) is 0 Å². The lowest BCUT2D eigenvalue weighted by Crippen LogP contribution is -2.34. The van der Waals surface area contributed by atoms with Gasteiger partial charge in [-0.05, 0) is 33.8 Å². The van der Waals surface area contributed by atoms with Crippen molar-refractivity contribution in [3.05, 3.63) is 35.1 Å². The van der Waals surface area contributed by atoms with E-state index >= 15 is 0 Å². The van der Waals surface area contributed by atoms with E-state index in [9.17, 15) is 18.0 Å². The van der Waals surface area contributed by atoms with Gasteiger partial charge in [-0.1, -0.05) is 12.1 Å². The molecule has 4 nitrogen and oxygen atoms in total.